The van der Waals surface area contributed by atoms with Crippen molar-refractivity contribution in [3.05, 3.63) is 36.3 Å². The molecule has 1 saturated heterocycles. The number of rotatable bonds is 2. The summed E-state index contributed by atoms with van der Waals surface area (Å²) in [7, 11) is 0. The zero-order valence-corrected chi connectivity index (χ0v) is 15.3. The number of aromatic nitrogens is 4. The summed E-state index contributed by atoms with van der Waals surface area (Å²) in [5, 5.41) is 11.4. The van der Waals surface area contributed by atoms with Crippen LogP contribution in [-0.2, 0) is 0 Å². The fraction of sp³-hybridized carbons (Fsp3) is 0.421. The van der Waals surface area contributed by atoms with Crippen molar-refractivity contribution in [3.63, 3.8) is 0 Å². The monoisotopic (exact) mass is 354 g/mol. The van der Waals surface area contributed by atoms with E-state index in [4.69, 9.17) is 0 Å². The lowest BCUT2D eigenvalue weighted by Gasteiger charge is -2.41. The summed E-state index contributed by atoms with van der Waals surface area (Å²) in [4.78, 5) is 11.0. The molecule has 7 heteroatoms. The van der Waals surface area contributed by atoms with E-state index in [0.29, 0.717) is 17.4 Å². The van der Waals surface area contributed by atoms with Crippen LogP contribution in [-0.4, -0.2) is 45.8 Å². The van der Waals surface area contributed by atoms with Crippen LogP contribution in [0.4, 0.5) is 10.2 Å². The Morgan fingerprint density at radius 2 is 2.08 bits per heavy atom. The number of fused-ring (bicyclic) bond motifs is 1. The van der Waals surface area contributed by atoms with E-state index in [1.165, 1.54) is 6.07 Å². The average Bonchev–Trinajstić information content (AvgIpc) is 3.05. The lowest BCUT2D eigenvalue weighted by atomic mass is 9.85. The summed E-state index contributed by atoms with van der Waals surface area (Å²) in [6.07, 6.45) is 1.67. The maximum absolute atomic E-state index is 14.5. The zero-order valence-electron chi connectivity index (χ0n) is 15.3. The Hall–Kier alpha value is -2.54. The summed E-state index contributed by atoms with van der Waals surface area (Å²) in [5.74, 6) is 0.412. The highest BCUT2D eigenvalue weighted by Crippen LogP contribution is 2.29. The van der Waals surface area contributed by atoms with E-state index in [2.05, 4.69) is 51.2 Å². The van der Waals surface area contributed by atoms with Gasteiger partial charge in [-0.2, -0.15) is 5.10 Å². The fourth-order valence-electron chi connectivity index (χ4n) is 3.35. The van der Waals surface area contributed by atoms with Crippen molar-refractivity contribution in [2.75, 3.05) is 24.5 Å². The molecule has 4 heterocycles. The Balaban J connectivity index is 1.71. The average molecular weight is 354 g/mol. The van der Waals surface area contributed by atoms with Crippen LogP contribution in [0.1, 0.15) is 20.8 Å². The second kappa shape index (κ2) is 6.32. The number of hydrogen-bond acceptors (Lipinski definition) is 5. The molecule has 1 fully saturated rings. The fourth-order valence-corrected chi connectivity index (χ4v) is 3.35. The van der Waals surface area contributed by atoms with Crippen LogP contribution in [0, 0.1) is 11.2 Å². The Labute approximate surface area is 151 Å². The highest BCUT2D eigenvalue weighted by Gasteiger charge is 2.30. The number of H-pyrrole nitrogens is 1. The topological polar surface area (TPSA) is 69.7 Å². The van der Waals surface area contributed by atoms with Crippen molar-refractivity contribution in [2.24, 2.45) is 5.41 Å². The summed E-state index contributed by atoms with van der Waals surface area (Å²) in [6, 6.07) is 7.27. The predicted octanol–water partition coefficient (Wildman–Crippen LogP) is 2.98. The summed E-state index contributed by atoms with van der Waals surface area (Å²) >= 11 is 0. The van der Waals surface area contributed by atoms with Crippen molar-refractivity contribution in [1.82, 2.24) is 25.5 Å². The predicted molar refractivity (Wildman–Crippen MR) is 101 cm³/mol. The molecule has 1 aliphatic heterocycles. The Morgan fingerprint density at radius 1 is 1.23 bits per heavy atom. The quantitative estimate of drug-likeness (QED) is 0.740. The van der Waals surface area contributed by atoms with Gasteiger partial charge < -0.3 is 10.2 Å². The van der Waals surface area contributed by atoms with Crippen LogP contribution in [0.15, 0.2) is 30.5 Å². The van der Waals surface area contributed by atoms with Crippen LogP contribution >= 0.6 is 0 Å². The Morgan fingerprint density at radius 3 is 2.88 bits per heavy atom. The lowest BCUT2D eigenvalue weighted by Crippen LogP contribution is -2.56. The molecular weight excluding hydrogens is 331 g/mol. The molecule has 1 atom stereocenters. The van der Waals surface area contributed by atoms with Crippen molar-refractivity contribution in [3.8, 4) is 11.4 Å². The first-order valence-electron chi connectivity index (χ1n) is 8.88. The SMILES string of the molecule is CC(C)(C)C1CN(c2ccc(F)c(-c3[nH]nc4ncccc34)n2)CCN1. The third-order valence-corrected chi connectivity index (χ3v) is 4.94. The van der Waals surface area contributed by atoms with Crippen LogP contribution < -0.4 is 10.2 Å². The van der Waals surface area contributed by atoms with Crippen molar-refractivity contribution in [2.45, 2.75) is 26.8 Å². The minimum atomic E-state index is -0.370. The third kappa shape index (κ3) is 3.03. The van der Waals surface area contributed by atoms with E-state index in [-0.39, 0.29) is 16.9 Å². The van der Waals surface area contributed by atoms with Crippen molar-refractivity contribution >= 4 is 16.9 Å². The molecule has 1 unspecified atom stereocenters. The molecule has 0 spiro atoms. The molecule has 3 aromatic heterocycles. The minimum absolute atomic E-state index is 0.146. The third-order valence-electron chi connectivity index (χ3n) is 4.94. The van der Waals surface area contributed by atoms with Gasteiger partial charge >= 0.3 is 0 Å². The lowest BCUT2D eigenvalue weighted by molar-refractivity contribution is 0.253. The first-order valence-corrected chi connectivity index (χ1v) is 8.88. The van der Waals surface area contributed by atoms with Gasteiger partial charge in [-0.05, 0) is 29.7 Å². The molecule has 0 radical (unpaired) electrons. The van der Waals surface area contributed by atoms with Gasteiger partial charge in [-0.1, -0.05) is 20.8 Å². The summed E-state index contributed by atoms with van der Waals surface area (Å²) < 4.78 is 14.5. The number of pyridine rings is 2. The van der Waals surface area contributed by atoms with Gasteiger partial charge in [0.05, 0.1) is 5.69 Å². The molecule has 0 saturated carbocycles. The Bertz CT molecular complexity index is 929. The molecule has 26 heavy (non-hydrogen) atoms. The number of piperazine rings is 1. The Kier molecular flexibility index (Phi) is 4.11. The second-order valence-electron chi connectivity index (χ2n) is 7.79. The summed E-state index contributed by atoms with van der Waals surface area (Å²) in [6.45, 7) is 9.24. The smallest absolute Gasteiger partial charge is 0.181 e. The van der Waals surface area contributed by atoms with Gasteiger partial charge in [-0.3, -0.25) is 5.10 Å². The van der Waals surface area contributed by atoms with Gasteiger partial charge in [0.25, 0.3) is 0 Å². The van der Waals surface area contributed by atoms with E-state index >= 15 is 0 Å². The van der Waals surface area contributed by atoms with E-state index < -0.39 is 0 Å². The molecule has 1 aliphatic rings. The van der Waals surface area contributed by atoms with Gasteiger partial charge in [0.2, 0.25) is 0 Å². The number of anilines is 1. The second-order valence-corrected chi connectivity index (χ2v) is 7.79. The molecule has 6 nitrogen and oxygen atoms in total. The highest BCUT2D eigenvalue weighted by molar-refractivity contribution is 5.89. The number of hydrogen-bond donors (Lipinski definition) is 2. The number of nitrogens with one attached hydrogen (secondary N) is 2. The van der Waals surface area contributed by atoms with Gasteiger partial charge in [0.15, 0.2) is 11.5 Å². The van der Waals surface area contributed by atoms with E-state index in [0.717, 1.165) is 30.8 Å². The summed E-state index contributed by atoms with van der Waals surface area (Å²) in [5.41, 5.74) is 1.55. The maximum Gasteiger partial charge on any atom is 0.181 e. The number of nitrogens with zero attached hydrogens (tertiary/aromatic N) is 4. The normalized spacial score (nSPS) is 18.5. The van der Waals surface area contributed by atoms with Crippen LogP contribution in [0.2, 0.25) is 0 Å². The molecule has 2 N–H and O–H groups in total. The molecule has 0 amide bonds. The van der Waals surface area contributed by atoms with Crippen molar-refractivity contribution < 1.29 is 4.39 Å². The first kappa shape index (κ1) is 16.9. The van der Waals surface area contributed by atoms with Gasteiger partial charge in [-0.25, -0.2) is 14.4 Å². The first-order chi connectivity index (χ1) is 12.4. The standard InChI is InChI=1S/C19H23FN6/c1-19(2,3)14-11-26(10-9-21-14)15-7-6-13(20)17(23-15)16-12-5-4-8-22-18(12)25-24-16/h4-8,14,21H,9-11H2,1-3H3,(H,22,24,25). The highest BCUT2D eigenvalue weighted by atomic mass is 19.1. The molecule has 0 aliphatic carbocycles. The van der Waals surface area contributed by atoms with Crippen LogP contribution in [0.3, 0.4) is 0 Å². The number of aromatic amines is 1. The van der Waals surface area contributed by atoms with Gasteiger partial charge in [0, 0.05) is 37.3 Å². The van der Waals surface area contributed by atoms with Gasteiger partial charge in [0.1, 0.15) is 11.5 Å². The van der Waals surface area contributed by atoms with Crippen LogP contribution in [0.25, 0.3) is 22.4 Å². The number of halogens is 1. The largest absolute Gasteiger partial charge is 0.354 e. The molecule has 0 bridgehead atoms. The molecular formula is C19H23FN6. The van der Waals surface area contributed by atoms with Crippen LogP contribution in [0.5, 0.6) is 0 Å². The molecule has 136 valence electrons. The van der Waals surface area contributed by atoms with Crippen molar-refractivity contribution in [1.29, 1.82) is 0 Å². The van der Waals surface area contributed by atoms with Gasteiger partial charge in [-0.15, -0.1) is 0 Å². The molecule has 0 aromatic carbocycles. The maximum atomic E-state index is 14.5. The minimum Gasteiger partial charge on any atom is -0.354 e. The van der Waals surface area contributed by atoms with E-state index in [1.54, 1.807) is 12.3 Å². The zero-order chi connectivity index (χ0) is 18.3. The molecule has 4 rings (SSSR count). The van der Waals surface area contributed by atoms with E-state index in [9.17, 15) is 4.39 Å². The van der Waals surface area contributed by atoms with E-state index in [1.807, 2.05) is 12.1 Å². The molecule has 3 aromatic rings.